The summed E-state index contributed by atoms with van der Waals surface area (Å²) in [4.78, 5) is 0. The molecule has 0 bridgehead atoms. The second-order valence-corrected chi connectivity index (χ2v) is 6.77. The fourth-order valence-electron chi connectivity index (χ4n) is 1.95. The van der Waals surface area contributed by atoms with Gasteiger partial charge in [0, 0.05) is 18.2 Å². The molecule has 0 aliphatic rings. The van der Waals surface area contributed by atoms with Gasteiger partial charge >= 0.3 is 0 Å². The standard InChI is InChI=1S/C14H24N2O3S/c1-11-6-7-13(14(10-11)19-3)12(2)15-8-5-9-16-20(4,17)18/h6-7,10,12,15-16H,5,8-9H2,1-4H3. The molecular formula is C14H24N2O3S. The van der Waals surface area contributed by atoms with E-state index in [1.165, 1.54) is 6.26 Å². The third-order valence-electron chi connectivity index (χ3n) is 3.02. The van der Waals surface area contributed by atoms with E-state index in [0.717, 1.165) is 29.8 Å². The van der Waals surface area contributed by atoms with Gasteiger partial charge in [-0.1, -0.05) is 12.1 Å². The Balaban J connectivity index is 2.45. The summed E-state index contributed by atoms with van der Waals surface area (Å²) in [5.74, 6) is 0.874. The lowest BCUT2D eigenvalue weighted by atomic mass is 10.0. The minimum absolute atomic E-state index is 0.156. The summed E-state index contributed by atoms with van der Waals surface area (Å²) in [6.07, 6.45) is 1.91. The van der Waals surface area contributed by atoms with E-state index in [0.29, 0.717) is 6.54 Å². The van der Waals surface area contributed by atoms with Crippen molar-refractivity contribution in [3.8, 4) is 5.75 Å². The van der Waals surface area contributed by atoms with Crippen molar-refractivity contribution in [2.75, 3.05) is 26.5 Å². The van der Waals surface area contributed by atoms with E-state index in [2.05, 4.69) is 29.1 Å². The van der Waals surface area contributed by atoms with Crippen molar-refractivity contribution in [2.45, 2.75) is 26.3 Å². The van der Waals surface area contributed by atoms with Crippen LogP contribution in [0.3, 0.4) is 0 Å². The second kappa shape index (κ2) is 7.61. The van der Waals surface area contributed by atoms with Gasteiger partial charge in [-0.15, -0.1) is 0 Å². The molecule has 0 saturated heterocycles. The Kier molecular flexibility index (Phi) is 6.45. The maximum Gasteiger partial charge on any atom is 0.208 e. The number of ether oxygens (including phenoxy) is 1. The van der Waals surface area contributed by atoms with Gasteiger partial charge in [0.15, 0.2) is 0 Å². The minimum atomic E-state index is -3.09. The van der Waals surface area contributed by atoms with Crippen molar-refractivity contribution in [2.24, 2.45) is 0 Å². The van der Waals surface area contributed by atoms with Gasteiger partial charge in [-0.05, 0) is 38.4 Å². The minimum Gasteiger partial charge on any atom is -0.496 e. The average molecular weight is 300 g/mol. The van der Waals surface area contributed by atoms with Crippen LogP contribution in [0.25, 0.3) is 0 Å². The van der Waals surface area contributed by atoms with Crippen LogP contribution in [0.5, 0.6) is 5.75 Å². The number of hydrogen-bond donors (Lipinski definition) is 2. The van der Waals surface area contributed by atoms with Crippen LogP contribution in [0.4, 0.5) is 0 Å². The molecular weight excluding hydrogens is 276 g/mol. The summed E-state index contributed by atoms with van der Waals surface area (Å²) >= 11 is 0. The fourth-order valence-corrected chi connectivity index (χ4v) is 2.47. The molecule has 6 heteroatoms. The second-order valence-electron chi connectivity index (χ2n) is 4.94. The van der Waals surface area contributed by atoms with Crippen LogP contribution in [-0.4, -0.2) is 34.9 Å². The highest BCUT2D eigenvalue weighted by atomic mass is 32.2. The lowest BCUT2D eigenvalue weighted by molar-refractivity contribution is 0.401. The quantitative estimate of drug-likeness (QED) is 0.716. The van der Waals surface area contributed by atoms with Crippen LogP contribution in [-0.2, 0) is 10.0 Å². The molecule has 20 heavy (non-hydrogen) atoms. The highest BCUT2D eigenvalue weighted by Crippen LogP contribution is 2.25. The Morgan fingerprint density at radius 1 is 1.30 bits per heavy atom. The molecule has 2 N–H and O–H groups in total. The first-order valence-corrected chi connectivity index (χ1v) is 8.55. The normalized spacial score (nSPS) is 13.2. The van der Waals surface area contributed by atoms with E-state index in [4.69, 9.17) is 4.74 Å². The molecule has 1 rings (SSSR count). The zero-order valence-electron chi connectivity index (χ0n) is 12.6. The molecule has 114 valence electrons. The van der Waals surface area contributed by atoms with Crippen LogP contribution in [0.1, 0.15) is 30.5 Å². The van der Waals surface area contributed by atoms with Gasteiger partial charge in [-0.25, -0.2) is 13.1 Å². The summed E-state index contributed by atoms with van der Waals surface area (Å²) < 4.78 is 29.7. The van der Waals surface area contributed by atoms with E-state index in [9.17, 15) is 8.42 Å². The smallest absolute Gasteiger partial charge is 0.208 e. The van der Waals surface area contributed by atoms with Crippen LogP contribution in [0.15, 0.2) is 18.2 Å². The third-order valence-corrected chi connectivity index (χ3v) is 3.75. The first-order chi connectivity index (χ1) is 9.33. The molecule has 0 amide bonds. The first kappa shape index (κ1) is 16.9. The molecule has 0 heterocycles. The van der Waals surface area contributed by atoms with Gasteiger partial charge < -0.3 is 10.1 Å². The van der Waals surface area contributed by atoms with Crippen LogP contribution in [0, 0.1) is 6.92 Å². The van der Waals surface area contributed by atoms with Crippen molar-refractivity contribution in [1.82, 2.24) is 10.0 Å². The molecule has 0 fully saturated rings. The van der Waals surface area contributed by atoms with Crippen molar-refractivity contribution in [3.05, 3.63) is 29.3 Å². The number of methoxy groups -OCH3 is 1. The fraction of sp³-hybridized carbons (Fsp3) is 0.571. The van der Waals surface area contributed by atoms with Gasteiger partial charge in [0.2, 0.25) is 10.0 Å². The zero-order chi connectivity index (χ0) is 15.2. The van der Waals surface area contributed by atoms with E-state index in [1.54, 1.807) is 7.11 Å². The molecule has 1 aromatic carbocycles. The molecule has 1 atom stereocenters. The Morgan fingerprint density at radius 2 is 2.00 bits per heavy atom. The number of rotatable bonds is 8. The van der Waals surface area contributed by atoms with Gasteiger partial charge in [0.1, 0.15) is 5.75 Å². The Labute approximate surface area is 121 Å². The first-order valence-electron chi connectivity index (χ1n) is 6.66. The number of aryl methyl sites for hydroxylation is 1. The van der Waals surface area contributed by atoms with E-state index in [1.807, 2.05) is 13.0 Å². The molecule has 0 spiro atoms. The topological polar surface area (TPSA) is 67.4 Å². The van der Waals surface area contributed by atoms with Crippen molar-refractivity contribution < 1.29 is 13.2 Å². The Hall–Kier alpha value is -1.11. The number of hydrogen-bond acceptors (Lipinski definition) is 4. The summed E-state index contributed by atoms with van der Waals surface area (Å²) in [5, 5.41) is 3.36. The highest BCUT2D eigenvalue weighted by Gasteiger charge is 2.10. The maximum atomic E-state index is 10.9. The monoisotopic (exact) mass is 300 g/mol. The molecule has 0 radical (unpaired) electrons. The molecule has 0 aromatic heterocycles. The summed E-state index contributed by atoms with van der Waals surface area (Å²) in [5.41, 5.74) is 2.27. The van der Waals surface area contributed by atoms with Gasteiger partial charge in [-0.3, -0.25) is 0 Å². The van der Waals surface area contributed by atoms with Crippen LogP contribution in [0.2, 0.25) is 0 Å². The van der Waals surface area contributed by atoms with E-state index >= 15 is 0 Å². The summed E-state index contributed by atoms with van der Waals surface area (Å²) in [6, 6.07) is 6.28. The maximum absolute atomic E-state index is 10.9. The number of benzene rings is 1. The molecule has 0 aliphatic heterocycles. The van der Waals surface area contributed by atoms with Gasteiger partial charge in [0.25, 0.3) is 0 Å². The van der Waals surface area contributed by atoms with Crippen LogP contribution < -0.4 is 14.8 Å². The molecule has 1 unspecified atom stereocenters. The number of sulfonamides is 1. The molecule has 5 nitrogen and oxygen atoms in total. The number of nitrogens with one attached hydrogen (secondary N) is 2. The Bertz CT molecular complexity index is 529. The Morgan fingerprint density at radius 3 is 2.60 bits per heavy atom. The van der Waals surface area contributed by atoms with Crippen molar-refractivity contribution in [3.63, 3.8) is 0 Å². The van der Waals surface area contributed by atoms with Gasteiger partial charge in [-0.2, -0.15) is 0 Å². The van der Waals surface area contributed by atoms with E-state index < -0.39 is 10.0 Å². The predicted octanol–water partition coefficient (Wildman–Crippen LogP) is 1.59. The zero-order valence-corrected chi connectivity index (χ0v) is 13.4. The third kappa shape index (κ3) is 5.90. The molecule has 1 aromatic rings. The van der Waals surface area contributed by atoms with E-state index in [-0.39, 0.29) is 6.04 Å². The van der Waals surface area contributed by atoms with Crippen molar-refractivity contribution >= 4 is 10.0 Å². The van der Waals surface area contributed by atoms with Crippen LogP contribution >= 0.6 is 0 Å². The lowest BCUT2D eigenvalue weighted by Crippen LogP contribution is -2.27. The lowest BCUT2D eigenvalue weighted by Gasteiger charge is -2.17. The summed E-state index contributed by atoms with van der Waals surface area (Å²) in [6.45, 7) is 5.28. The molecule has 0 aliphatic carbocycles. The highest BCUT2D eigenvalue weighted by molar-refractivity contribution is 7.88. The SMILES string of the molecule is COc1cc(C)ccc1C(C)NCCCNS(C)(=O)=O. The van der Waals surface area contributed by atoms with Crippen molar-refractivity contribution in [1.29, 1.82) is 0 Å². The molecule has 0 saturated carbocycles. The van der Waals surface area contributed by atoms with Gasteiger partial charge in [0.05, 0.1) is 13.4 Å². The predicted molar refractivity (Wildman–Crippen MR) is 81.6 cm³/mol. The summed E-state index contributed by atoms with van der Waals surface area (Å²) in [7, 11) is -1.42. The largest absolute Gasteiger partial charge is 0.496 e. The average Bonchev–Trinajstić information content (AvgIpc) is 2.36.